The van der Waals surface area contributed by atoms with Crippen molar-refractivity contribution in [2.45, 2.75) is 45.4 Å². The number of anilines is 2. The number of benzene rings is 1. The lowest BCUT2D eigenvalue weighted by Gasteiger charge is -2.19. The molecule has 3 amide bonds. The molecular weight excluding hydrogens is 342 g/mol. The standard InChI is InChI=1S/C21H27N3O3/c1-15(25)22-18-8-5-9-19(13-18)23-21(27)17-12-20(26)24(14-17)11-10-16-6-3-2-4-7-16/h5-6,8-9,13,17H,2-4,7,10-12,14H2,1H3,(H,22,25)(H,23,27). The van der Waals surface area contributed by atoms with E-state index >= 15 is 0 Å². The van der Waals surface area contributed by atoms with Crippen LogP contribution in [0.3, 0.4) is 0 Å². The van der Waals surface area contributed by atoms with Crippen molar-refractivity contribution < 1.29 is 14.4 Å². The summed E-state index contributed by atoms with van der Waals surface area (Å²) in [5, 5.41) is 5.56. The van der Waals surface area contributed by atoms with E-state index in [0.29, 0.717) is 24.5 Å². The molecule has 1 heterocycles. The summed E-state index contributed by atoms with van der Waals surface area (Å²) in [6, 6.07) is 7.01. The Morgan fingerprint density at radius 1 is 1.19 bits per heavy atom. The maximum Gasteiger partial charge on any atom is 0.229 e. The smallest absolute Gasteiger partial charge is 0.229 e. The van der Waals surface area contributed by atoms with Crippen LogP contribution in [-0.2, 0) is 14.4 Å². The minimum absolute atomic E-state index is 0.0542. The zero-order valence-corrected chi connectivity index (χ0v) is 15.8. The molecule has 6 nitrogen and oxygen atoms in total. The number of amides is 3. The first kappa shape index (κ1) is 19.1. The van der Waals surface area contributed by atoms with Gasteiger partial charge in [-0.05, 0) is 50.3 Å². The normalized spacial score (nSPS) is 19.6. The SMILES string of the molecule is CC(=O)Nc1cccc(NC(=O)C2CC(=O)N(CCC3=CCCCC3)C2)c1. The van der Waals surface area contributed by atoms with Gasteiger partial charge in [-0.25, -0.2) is 0 Å². The maximum atomic E-state index is 12.6. The zero-order valence-electron chi connectivity index (χ0n) is 15.8. The Kier molecular flexibility index (Phi) is 6.27. The maximum absolute atomic E-state index is 12.6. The van der Waals surface area contributed by atoms with Crippen molar-refractivity contribution in [1.82, 2.24) is 4.90 Å². The van der Waals surface area contributed by atoms with Gasteiger partial charge in [0, 0.05) is 37.8 Å². The van der Waals surface area contributed by atoms with E-state index in [1.54, 1.807) is 24.3 Å². The van der Waals surface area contributed by atoms with Gasteiger partial charge >= 0.3 is 0 Å². The van der Waals surface area contributed by atoms with Gasteiger partial charge in [0.25, 0.3) is 0 Å². The summed E-state index contributed by atoms with van der Waals surface area (Å²) in [6.45, 7) is 2.61. The number of nitrogens with zero attached hydrogens (tertiary/aromatic N) is 1. The van der Waals surface area contributed by atoms with Gasteiger partial charge in [0.15, 0.2) is 0 Å². The van der Waals surface area contributed by atoms with Gasteiger partial charge < -0.3 is 15.5 Å². The summed E-state index contributed by atoms with van der Waals surface area (Å²) in [7, 11) is 0. The fraction of sp³-hybridized carbons (Fsp3) is 0.476. The number of hydrogen-bond acceptors (Lipinski definition) is 3. The van der Waals surface area contributed by atoms with Crippen molar-refractivity contribution in [2.75, 3.05) is 23.7 Å². The van der Waals surface area contributed by atoms with E-state index in [-0.39, 0.29) is 30.1 Å². The Morgan fingerprint density at radius 3 is 2.67 bits per heavy atom. The first-order chi connectivity index (χ1) is 13.0. The second-order valence-electron chi connectivity index (χ2n) is 7.35. The molecule has 3 rings (SSSR count). The molecule has 0 radical (unpaired) electrons. The zero-order chi connectivity index (χ0) is 19.2. The van der Waals surface area contributed by atoms with Crippen LogP contribution in [0.1, 0.15) is 45.4 Å². The average molecular weight is 369 g/mol. The van der Waals surface area contributed by atoms with Crippen LogP contribution in [0.25, 0.3) is 0 Å². The van der Waals surface area contributed by atoms with Gasteiger partial charge in [0.1, 0.15) is 0 Å². The summed E-state index contributed by atoms with van der Waals surface area (Å²) in [4.78, 5) is 37.8. The predicted molar refractivity (Wildman–Crippen MR) is 105 cm³/mol. The highest BCUT2D eigenvalue weighted by Gasteiger charge is 2.34. The van der Waals surface area contributed by atoms with Crippen LogP contribution in [0.4, 0.5) is 11.4 Å². The fourth-order valence-corrected chi connectivity index (χ4v) is 3.70. The van der Waals surface area contributed by atoms with Crippen molar-refractivity contribution >= 4 is 29.1 Å². The minimum Gasteiger partial charge on any atom is -0.342 e. The summed E-state index contributed by atoms with van der Waals surface area (Å²) in [5.74, 6) is -0.591. The third-order valence-corrected chi connectivity index (χ3v) is 5.12. The highest BCUT2D eigenvalue weighted by atomic mass is 16.2. The molecule has 1 atom stereocenters. The third-order valence-electron chi connectivity index (χ3n) is 5.12. The van der Waals surface area contributed by atoms with Gasteiger partial charge in [-0.1, -0.05) is 17.7 Å². The molecule has 2 aliphatic rings. The molecule has 1 fully saturated rings. The van der Waals surface area contributed by atoms with Gasteiger partial charge in [-0.3, -0.25) is 14.4 Å². The van der Waals surface area contributed by atoms with Gasteiger partial charge in [-0.15, -0.1) is 0 Å². The molecule has 2 N–H and O–H groups in total. The number of likely N-dealkylation sites (tertiary alicyclic amines) is 1. The summed E-state index contributed by atoms with van der Waals surface area (Å²) < 4.78 is 0. The fourth-order valence-electron chi connectivity index (χ4n) is 3.70. The molecule has 27 heavy (non-hydrogen) atoms. The van der Waals surface area contributed by atoms with Gasteiger partial charge in [0.2, 0.25) is 17.7 Å². The molecule has 0 saturated carbocycles. The summed E-state index contributed by atoms with van der Waals surface area (Å²) >= 11 is 0. The topological polar surface area (TPSA) is 78.5 Å². The largest absolute Gasteiger partial charge is 0.342 e. The Balaban J connectivity index is 1.52. The molecule has 1 saturated heterocycles. The third kappa shape index (κ3) is 5.42. The second kappa shape index (κ2) is 8.84. The lowest BCUT2D eigenvalue weighted by molar-refractivity contribution is -0.128. The Morgan fingerprint density at radius 2 is 1.96 bits per heavy atom. The van der Waals surface area contributed by atoms with Gasteiger partial charge in [-0.2, -0.15) is 0 Å². The van der Waals surface area contributed by atoms with Crippen LogP contribution in [-0.4, -0.2) is 35.7 Å². The number of carbonyl (C=O) groups excluding carboxylic acids is 3. The molecule has 0 aromatic heterocycles. The first-order valence-corrected chi connectivity index (χ1v) is 9.65. The highest BCUT2D eigenvalue weighted by Crippen LogP contribution is 2.24. The molecule has 144 valence electrons. The molecule has 0 bridgehead atoms. The van der Waals surface area contributed by atoms with Crippen LogP contribution in [0.2, 0.25) is 0 Å². The van der Waals surface area contributed by atoms with Crippen molar-refractivity contribution in [1.29, 1.82) is 0 Å². The van der Waals surface area contributed by atoms with E-state index in [4.69, 9.17) is 0 Å². The summed E-state index contributed by atoms with van der Waals surface area (Å²) in [6.07, 6.45) is 8.26. The summed E-state index contributed by atoms with van der Waals surface area (Å²) in [5.41, 5.74) is 2.69. The number of hydrogen-bond donors (Lipinski definition) is 2. The molecule has 1 aliphatic carbocycles. The van der Waals surface area contributed by atoms with E-state index in [1.165, 1.54) is 25.3 Å². The number of rotatable bonds is 6. The number of carbonyl (C=O) groups is 3. The van der Waals surface area contributed by atoms with Gasteiger partial charge in [0.05, 0.1) is 5.92 Å². The Labute approximate surface area is 160 Å². The number of nitrogens with one attached hydrogen (secondary N) is 2. The van der Waals surface area contributed by atoms with Crippen LogP contribution in [0.5, 0.6) is 0 Å². The first-order valence-electron chi connectivity index (χ1n) is 9.65. The van der Waals surface area contributed by atoms with E-state index < -0.39 is 0 Å². The van der Waals surface area contributed by atoms with E-state index in [1.807, 2.05) is 4.90 Å². The molecule has 1 aromatic carbocycles. The van der Waals surface area contributed by atoms with Crippen LogP contribution < -0.4 is 10.6 Å². The highest BCUT2D eigenvalue weighted by molar-refractivity contribution is 5.98. The average Bonchev–Trinajstić information content (AvgIpc) is 3.01. The van der Waals surface area contributed by atoms with E-state index in [2.05, 4.69) is 16.7 Å². The molecule has 1 unspecified atom stereocenters. The second-order valence-corrected chi connectivity index (χ2v) is 7.35. The minimum atomic E-state index is -0.331. The van der Waals surface area contributed by atoms with Crippen molar-refractivity contribution in [3.05, 3.63) is 35.9 Å². The van der Waals surface area contributed by atoms with Crippen molar-refractivity contribution in [2.24, 2.45) is 5.92 Å². The molecule has 0 spiro atoms. The van der Waals surface area contributed by atoms with Crippen LogP contribution >= 0.6 is 0 Å². The van der Waals surface area contributed by atoms with E-state index in [0.717, 1.165) is 19.3 Å². The van der Waals surface area contributed by atoms with Crippen LogP contribution in [0.15, 0.2) is 35.9 Å². The molecule has 1 aliphatic heterocycles. The van der Waals surface area contributed by atoms with Crippen molar-refractivity contribution in [3.63, 3.8) is 0 Å². The Bertz CT molecular complexity index is 757. The lowest BCUT2D eigenvalue weighted by atomic mass is 9.97. The van der Waals surface area contributed by atoms with E-state index in [9.17, 15) is 14.4 Å². The van der Waals surface area contributed by atoms with Crippen molar-refractivity contribution in [3.8, 4) is 0 Å². The number of allylic oxidation sites excluding steroid dienone is 1. The monoisotopic (exact) mass is 369 g/mol. The molecule has 1 aromatic rings. The Hall–Kier alpha value is -2.63. The van der Waals surface area contributed by atoms with Crippen LogP contribution in [0, 0.1) is 5.92 Å². The quantitative estimate of drug-likeness (QED) is 0.755. The predicted octanol–water partition coefficient (Wildman–Crippen LogP) is 3.32. The lowest BCUT2D eigenvalue weighted by Crippen LogP contribution is -2.29. The molecular formula is C21H27N3O3. The molecule has 6 heteroatoms.